The standard InChI is InChI=1S/C20H18N2/c1-14(13-15-7-3-2-4-8-15)20-21-17-11-5-9-16-10-6-12-18(22-20)19(16)17/h2-13,20-22H,1H3/b14-13+. The van der Waals surface area contributed by atoms with Crippen LogP contribution in [0.3, 0.4) is 0 Å². The smallest absolute Gasteiger partial charge is 0.119 e. The van der Waals surface area contributed by atoms with Crippen LogP contribution in [0.15, 0.2) is 72.3 Å². The number of rotatable bonds is 2. The van der Waals surface area contributed by atoms with Crippen LogP contribution in [0, 0.1) is 0 Å². The van der Waals surface area contributed by atoms with E-state index < -0.39 is 0 Å². The summed E-state index contributed by atoms with van der Waals surface area (Å²) in [5.74, 6) is 0. The highest BCUT2D eigenvalue weighted by atomic mass is 15.1. The second kappa shape index (κ2) is 5.23. The van der Waals surface area contributed by atoms with Crippen molar-refractivity contribution < 1.29 is 0 Å². The lowest BCUT2D eigenvalue weighted by Crippen LogP contribution is -2.32. The van der Waals surface area contributed by atoms with Crippen molar-refractivity contribution in [2.24, 2.45) is 0 Å². The molecule has 1 heterocycles. The van der Waals surface area contributed by atoms with Crippen LogP contribution in [0.4, 0.5) is 11.4 Å². The van der Waals surface area contributed by atoms with Crippen LogP contribution >= 0.6 is 0 Å². The molecule has 1 aliphatic rings. The Labute approximate surface area is 130 Å². The van der Waals surface area contributed by atoms with Crippen molar-refractivity contribution in [2.75, 3.05) is 10.6 Å². The molecular weight excluding hydrogens is 268 g/mol. The molecule has 22 heavy (non-hydrogen) atoms. The van der Waals surface area contributed by atoms with E-state index in [-0.39, 0.29) is 6.17 Å². The lowest BCUT2D eigenvalue weighted by molar-refractivity contribution is 0.942. The predicted octanol–water partition coefficient (Wildman–Crippen LogP) is 5.11. The molecule has 4 rings (SSSR count). The summed E-state index contributed by atoms with van der Waals surface area (Å²) in [6, 6.07) is 23.2. The Morgan fingerprint density at radius 1 is 0.818 bits per heavy atom. The van der Waals surface area contributed by atoms with Crippen molar-refractivity contribution in [2.45, 2.75) is 13.1 Å². The lowest BCUT2D eigenvalue weighted by atomic mass is 10.0. The summed E-state index contributed by atoms with van der Waals surface area (Å²) in [4.78, 5) is 0. The molecule has 0 aliphatic carbocycles. The van der Waals surface area contributed by atoms with E-state index in [1.165, 1.54) is 33.3 Å². The van der Waals surface area contributed by atoms with Gasteiger partial charge in [-0.25, -0.2) is 0 Å². The van der Waals surface area contributed by atoms with E-state index >= 15 is 0 Å². The van der Waals surface area contributed by atoms with Gasteiger partial charge < -0.3 is 10.6 Å². The molecule has 0 fully saturated rings. The van der Waals surface area contributed by atoms with Gasteiger partial charge in [0.25, 0.3) is 0 Å². The quantitative estimate of drug-likeness (QED) is 0.684. The Kier molecular flexibility index (Phi) is 3.08. The van der Waals surface area contributed by atoms with Gasteiger partial charge in [-0.3, -0.25) is 0 Å². The molecule has 0 radical (unpaired) electrons. The summed E-state index contributed by atoms with van der Waals surface area (Å²) < 4.78 is 0. The second-order valence-corrected chi connectivity index (χ2v) is 5.73. The van der Waals surface area contributed by atoms with Crippen LogP contribution in [0.25, 0.3) is 16.8 Å². The molecule has 0 aromatic heterocycles. The molecule has 0 spiro atoms. The third-order valence-electron chi connectivity index (χ3n) is 4.15. The van der Waals surface area contributed by atoms with Gasteiger partial charge in [0, 0.05) is 16.8 Å². The molecule has 0 atom stereocenters. The van der Waals surface area contributed by atoms with Crippen molar-refractivity contribution >= 4 is 28.2 Å². The Morgan fingerprint density at radius 2 is 1.45 bits per heavy atom. The number of nitrogens with one attached hydrogen (secondary N) is 2. The summed E-state index contributed by atoms with van der Waals surface area (Å²) in [6.07, 6.45) is 2.33. The van der Waals surface area contributed by atoms with E-state index in [1.54, 1.807) is 0 Å². The Balaban J connectivity index is 1.71. The molecule has 0 saturated carbocycles. The average molecular weight is 286 g/mol. The Hall–Kier alpha value is -2.74. The molecule has 2 nitrogen and oxygen atoms in total. The van der Waals surface area contributed by atoms with E-state index in [2.05, 4.69) is 84.3 Å². The summed E-state index contributed by atoms with van der Waals surface area (Å²) in [5.41, 5.74) is 4.87. The zero-order chi connectivity index (χ0) is 14.9. The number of hydrogen-bond donors (Lipinski definition) is 2. The van der Waals surface area contributed by atoms with Gasteiger partial charge in [0.1, 0.15) is 6.17 Å². The third-order valence-corrected chi connectivity index (χ3v) is 4.15. The fourth-order valence-corrected chi connectivity index (χ4v) is 3.05. The summed E-state index contributed by atoms with van der Waals surface area (Å²) in [6.45, 7) is 2.16. The van der Waals surface area contributed by atoms with E-state index in [1.807, 2.05) is 6.07 Å². The van der Waals surface area contributed by atoms with Gasteiger partial charge in [-0.1, -0.05) is 60.7 Å². The minimum Gasteiger partial charge on any atom is -0.361 e. The first kappa shape index (κ1) is 13.0. The Morgan fingerprint density at radius 3 is 2.09 bits per heavy atom. The Bertz CT molecular complexity index is 809. The van der Waals surface area contributed by atoms with Crippen LogP contribution in [-0.2, 0) is 0 Å². The monoisotopic (exact) mass is 286 g/mol. The van der Waals surface area contributed by atoms with Crippen LogP contribution in [0.1, 0.15) is 12.5 Å². The molecule has 3 aromatic rings. The van der Waals surface area contributed by atoms with Gasteiger partial charge in [0.05, 0.1) is 0 Å². The zero-order valence-corrected chi connectivity index (χ0v) is 12.5. The van der Waals surface area contributed by atoms with Crippen molar-refractivity contribution in [3.63, 3.8) is 0 Å². The maximum Gasteiger partial charge on any atom is 0.119 e. The summed E-state index contributed by atoms with van der Waals surface area (Å²) in [7, 11) is 0. The van der Waals surface area contributed by atoms with E-state index in [0.29, 0.717) is 0 Å². The van der Waals surface area contributed by atoms with Crippen LogP contribution in [0.2, 0.25) is 0 Å². The SMILES string of the molecule is C/C(=C\c1ccccc1)C1Nc2cccc3cccc(c23)N1. The maximum atomic E-state index is 3.60. The van der Waals surface area contributed by atoms with Gasteiger partial charge in [-0.05, 0) is 35.6 Å². The second-order valence-electron chi connectivity index (χ2n) is 5.73. The molecule has 0 bridgehead atoms. The van der Waals surface area contributed by atoms with Gasteiger partial charge in [-0.2, -0.15) is 0 Å². The van der Waals surface area contributed by atoms with Crippen LogP contribution in [0.5, 0.6) is 0 Å². The van der Waals surface area contributed by atoms with Crippen LogP contribution in [-0.4, -0.2) is 6.17 Å². The normalized spacial score (nSPS) is 14.5. The van der Waals surface area contributed by atoms with Gasteiger partial charge in [0.15, 0.2) is 0 Å². The molecule has 0 amide bonds. The molecular formula is C20H18N2. The molecule has 2 N–H and O–H groups in total. The van der Waals surface area contributed by atoms with Crippen LogP contribution < -0.4 is 10.6 Å². The first-order valence-corrected chi connectivity index (χ1v) is 7.59. The highest BCUT2D eigenvalue weighted by Gasteiger charge is 2.19. The van der Waals surface area contributed by atoms with Gasteiger partial charge in [-0.15, -0.1) is 0 Å². The number of benzene rings is 3. The summed E-state index contributed by atoms with van der Waals surface area (Å²) in [5, 5.41) is 9.74. The fourth-order valence-electron chi connectivity index (χ4n) is 3.05. The van der Waals surface area contributed by atoms with Crippen molar-refractivity contribution in [3.05, 3.63) is 77.9 Å². The zero-order valence-electron chi connectivity index (χ0n) is 12.5. The van der Waals surface area contributed by atoms with Gasteiger partial charge in [0.2, 0.25) is 0 Å². The predicted molar refractivity (Wildman–Crippen MR) is 95.1 cm³/mol. The lowest BCUT2D eigenvalue weighted by Gasteiger charge is -2.30. The molecule has 0 saturated heterocycles. The number of anilines is 2. The molecule has 2 heteroatoms. The minimum atomic E-state index is 0.112. The topological polar surface area (TPSA) is 24.1 Å². The first-order chi connectivity index (χ1) is 10.8. The summed E-state index contributed by atoms with van der Waals surface area (Å²) >= 11 is 0. The molecule has 0 unspecified atom stereocenters. The van der Waals surface area contributed by atoms with Crippen molar-refractivity contribution in [3.8, 4) is 0 Å². The third kappa shape index (κ3) is 2.23. The first-order valence-electron chi connectivity index (χ1n) is 7.59. The largest absolute Gasteiger partial charge is 0.361 e. The number of hydrogen-bond acceptors (Lipinski definition) is 2. The fraction of sp³-hybridized carbons (Fsp3) is 0.100. The minimum absolute atomic E-state index is 0.112. The highest BCUT2D eigenvalue weighted by Crippen LogP contribution is 2.35. The van der Waals surface area contributed by atoms with E-state index in [9.17, 15) is 0 Å². The van der Waals surface area contributed by atoms with E-state index in [0.717, 1.165) is 0 Å². The molecule has 3 aromatic carbocycles. The van der Waals surface area contributed by atoms with Crippen molar-refractivity contribution in [1.29, 1.82) is 0 Å². The molecule has 1 aliphatic heterocycles. The average Bonchev–Trinajstić information content (AvgIpc) is 2.56. The maximum absolute atomic E-state index is 3.60. The van der Waals surface area contributed by atoms with E-state index in [4.69, 9.17) is 0 Å². The molecule has 108 valence electrons. The highest BCUT2D eigenvalue weighted by molar-refractivity contribution is 6.05. The van der Waals surface area contributed by atoms with Gasteiger partial charge >= 0.3 is 0 Å². The van der Waals surface area contributed by atoms with Crippen molar-refractivity contribution in [1.82, 2.24) is 0 Å².